The normalized spacial score (nSPS) is 21.1. The van der Waals surface area contributed by atoms with Gasteiger partial charge in [0.05, 0.1) is 12.2 Å². The van der Waals surface area contributed by atoms with Crippen LogP contribution in [0.3, 0.4) is 0 Å². The van der Waals surface area contributed by atoms with Crippen molar-refractivity contribution in [3.63, 3.8) is 0 Å². The van der Waals surface area contributed by atoms with Crippen molar-refractivity contribution in [2.24, 2.45) is 0 Å². The fraction of sp³-hybridized carbons (Fsp3) is 0.429. The molecular formula is C21H26FNO. The smallest absolute Gasteiger partial charge is 0.128 e. The Balaban J connectivity index is 1.67. The van der Waals surface area contributed by atoms with E-state index in [0.717, 1.165) is 37.2 Å². The number of morpholine rings is 1. The molecule has 0 radical (unpaired) electrons. The standard InChI is InChI=1S/C21H26FNO/c1-15-4-6-18(7-5-15)8-9-19-10-11-20(12-21(19)22)23-13-16(2)24-17(3)14-23/h4-7,10-12,16-17H,8-9,13-14H2,1-3H3/t16-,17+. The van der Waals surface area contributed by atoms with E-state index < -0.39 is 0 Å². The highest BCUT2D eigenvalue weighted by Gasteiger charge is 2.22. The van der Waals surface area contributed by atoms with Crippen LogP contribution in [-0.2, 0) is 17.6 Å². The summed E-state index contributed by atoms with van der Waals surface area (Å²) < 4.78 is 20.3. The van der Waals surface area contributed by atoms with Crippen LogP contribution >= 0.6 is 0 Å². The second-order valence-electron chi connectivity index (χ2n) is 6.92. The highest BCUT2D eigenvalue weighted by atomic mass is 19.1. The topological polar surface area (TPSA) is 12.5 Å². The van der Waals surface area contributed by atoms with E-state index >= 15 is 0 Å². The fourth-order valence-electron chi connectivity index (χ4n) is 3.36. The third-order valence-corrected chi connectivity index (χ3v) is 4.63. The van der Waals surface area contributed by atoms with Crippen molar-refractivity contribution >= 4 is 5.69 Å². The second kappa shape index (κ2) is 7.35. The van der Waals surface area contributed by atoms with Crippen LogP contribution in [0.15, 0.2) is 42.5 Å². The summed E-state index contributed by atoms with van der Waals surface area (Å²) in [4.78, 5) is 2.21. The highest BCUT2D eigenvalue weighted by molar-refractivity contribution is 5.49. The molecule has 2 aromatic rings. The van der Waals surface area contributed by atoms with Crippen LogP contribution in [0.1, 0.15) is 30.5 Å². The van der Waals surface area contributed by atoms with Gasteiger partial charge >= 0.3 is 0 Å². The number of hydrogen-bond acceptors (Lipinski definition) is 2. The first-order valence-corrected chi connectivity index (χ1v) is 8.75. The van der Waals surface area contributed by atoms with Gasteiger partial charge in [0.15, 0.2) is 0 Å². The average Bonchev–Trinajstić information content (AvgIpc) is 2.54. The Hall–Kier alpha value is -1.87. The van der Waals surface area contributed by atoms with Crippen molar-refractivity contribution in [2.45, 2.75) is 45.8 Å². The van der Waals surface area contributed by atoms with E-state index in [1.807, 2.05) is 12.1 Å². The summed E-state index contributed by atoms with van der Waals surface area (Å²) in [6.07, 6.45) is 1.95. The number of rotatable bonds is 4. The summed E-state index contributed by atoms with van der Waals surface area (Å²) in [5.41, 5.74) is 4.24. The number of hydrogen-bond donors (Lipinski definition) is 0. The molecule has 1 aliphatic heterocycles. The molecule has 128 valence electrons. The Labute approximate surface area is 144 Å². The number of nitrogens with zero attached hydrogens (tertiary/aromatic N) is 1. The van der Waals surface area contributed by atoms with Gasteiger partial charge in [0.1, 0.15) is 5.82 Å². The lowest BCUT2D eigenvalue weighted by molar-refractivity contribution is -0.00523. The molecule has 2 aromatic carbocycles. The predicted octanol–water partition coefficient (Wildman–Crippen LogP) is 4.53. The van der Waals surface area contributed by atoms with Crippen molar-refractivity contribution in [3.8, 4) is 0 Å². The third-order valence-electron chi connectivity index (χ3n) is 4.63. The number of halogens is 1. The average molecular weight is 327 g/mol. The zero-order valence-electron chi connectivity index (χ0n) is 14.8. The molecular weight excluding hydrogens is 301 g/mol. The third kappa shape index (κ3) is 4.15. The second-order valence-corrected chi connectivity index (χ2v) is 6.92. The lowest BCUT2D eigenvalue weighted by Gasteiger charge is -2.37. The first-order chi connectivity index (χ1) is 11.5. The van der Waals surface area contributed by atoms with Gasteiger partial charge in [-0.3, -0.25) is 0 Å². The zero-order chi connectivity index (χ0) is 17.1. The van der Waals surface area contributed by atoms with Crippen LogP contribution in [0.2, 0.25) is 0 Å². The molecule has 3 rings (SSSR count). The molecule has 1 aliphatic rings. The van der Waals surface area contributed by atoms with Crippen molar-refractivity contribution in [1.29, 1.82) is 0 Å². The maximum atomic E-state index is 14.5. The SMILES string of the molecule is Cc1ccc(CCc2ccc(N3C[C@@H](C)O[C@@H](C)C3)cc2F)cc1. The van der Waals surface area contributed by atoms with Gasteiger partial charge < -0.3 is 9.64 Å². The quantitative estimate of drug-likeness (QED) is 0.818. The molecule has 3 heteroatoms. The van der Waals surface area contributed by atoms with Crippen LogP contribution in [0.25, 0.3) is 0 Å². The Kier molecular flexibility index (Phi) is 5.20. The Morgan fingerprint density at radius 2 is 1.67 bits per heavy atom. The van der Waals surface area contributed by atoms with Gasteiger partial charge in [0, 0.05) is 18.8 Å². The minimum atomic E-state index is -0.105. The van der Waals surface area contributed by atoms with E-state index in [-0.39, 0.29) is 18.0 Å². The highest BCUT2D eigenvalue weighted by Crippen LogP contribution is 2.23. The Morgan fingerprint density at radius 3 is 2.29 bits per heavy atom. The van der Waals surface area contributed by atoms with E-state index in [4.69, 9.17) is 4.74 Å². The molecule has 0 amide bonds. The lowest BCUT2D eigenvalue weighted by Crippen LogP contribution is -2.45. The number of aryl methyl sites for hydroxylation is 3. The van der Waals surface area contributed by atoms with Crippen molar-refractivity contribution in [2.75, 3.05) is 18.0 Å². The molecule has 24 heavy (non-hydrogen) atoms. The molecule has 0 aliphatic carbocycles. The van der Waals surface area contributed by atoms with Gasteiger partial charge in [-0.25, -0.2) is 4.39 Å². The number of anilines is 1. The summed E-state index contributed by atoms with van der Waals surface area (Å²) >= 11 is 0. The maximum absolute atomic E-state index is 14.5. The maximum Gasteiger partial charge on any atom is 0.128 e. The largest absolute Gasteiger partial charge is 0.372 e. The summed E-state index contributed by atoms with van der Waals surface area (Å²) in [7, 11) is 0. The predicted molar refractivity (Wildman–Crippen MR) is 97.2 cm³/mol. The number of ether oxygens (including phenoxy) is 1. The molecule has 0 spiro atoms. The summed E-state index contributed by atoms with van der Waals surface area (Å²) in [6, 6.07) is 14.1. The summed E-state index contributed by atoms with van der Waals surface area (Å²) in [6.45, 7) is 7.83. The molecule has 1 fully saturated rings. The zero-order valence-corrected chi connectivity index (χ0v) is 14.8. The lowest BCUT2D eigenvalue weighted by atomic mass is 10.0. The fourth-order valence-corrected chi connectivity index (χ4v) is 3.36. The van der Waals surface area contributed by atoms with Crippen LogP contribution < -0.4 is 4.90 Å². The van der Waals surface area contributed by atoms with E-state index in [1.54, 1.807) is 6.07 Å². The first-order valence-electron chi connectivity index (χ1n) is 8.75. The Bertz CT molecular complexity index is 673. The summed E-state index contributed by atoms with van der Waals surface area (Å²) in [5, 5.41) is 0. The van der Waals surface area contributed by atoms with E-state index in [1.165, 1.54) is 11.1 Å². The number of benzene rings is 2. The van der Waals surface area contributed by atoms with Gasteiger partial charge in [-0.2, -0.15) is 0 Å². The molecule has 0 bridgehead atoms. The van der Waals surface area contributed by atoms with Crippen LogP contribution in [0.4, 0.5) is 10.1 Å². The molecule has 2 nitrogen and oxygen atoms in total. The van der Waals surface area contributed by atoms with Crippen LogP contribution in [0.5, 0.6) is 0 Å². The van der Waals surface area contributed by atoms with Gasteiger partial charge in [-0.1, -0.05) is 35.9 Å². The van der Waals surface area contributed by atoms with Gasteiger partial charge in [0.2, 0.25) is 0 Å². The van der Waals surface area contributed by atoms with Crippen LogP contribution in [-0.4, -0.2) is 25.3 Å². The minimum absolute atomic E-state index is 0.105. The van der Waals surface area contributed by atoms with E-state index in [9.17, 15) is 4.39 Å². The van der Waals surface area contributed by atoms with Crippen molar-refractivity contribution in [1.82, 2.24) is 0 Å². The summed E-state index contributed by atoms with van der Waals surface area (Å²) in [5.74, 6) is -0.105. The van der Waals surface area contributed by atoms with Crippen LogP contribution in [0, 0.1) is 12.7 Å². The van der Waals surface area contributed by atoms with Gasteiger partial charge in [-0.05, 0) is 56.9 Å². The van der Waals surface area contributed by atoms with E-state index in [2.05, 4.69) is 49.9 Å². The first kappa shape index (κ1) is 17.0. The van der Waals surface area contributed by atoms with Gasteiger partial charge in [-0.15, -0.1) is 0 Å². The molecule has 1 heterocycles. The van der Waals surface area contributed by atoms with Crippen molar-refractivity contribution in [3.05, 3.63) is 65.0 Å². The molecule has 0 N–H and O–H groups in total. The monoisotopic (exact) mass is 327 g/mol. The molecule has 0 unspecified atom stereocenters. The van der Waals surface area contributed by atoms with Gasteiger partial charge in [0.25, 0.3) is 0 Å². The van der Waals surface area contributed by atoms with E-state index in [0.29, 0.717) is 0 Å². The molecule has 0 aromatic heterocycles. The molecule has 0 saturated carbocycles. The molecule has 1 saturated heterocycles. The minimum Gasteiger partial charge on any atom is -0.372 e. The Morgan fingerprint density at radius 1 is 1.00 bits per heavy atom. The molecule has 2 atom stereocenters. The van der Waals surface area contributed by atoms with Crippen molar-refractivity contribution < 1.29 is 9.13 Å².